The van der Waals surface area contributed by atoms with E-state index in [1.165, 1.54) is 19.3 Å². The molecule has 2 rings (SSSR count). The van der Waals surface area contributed by atoms with Gasteiger partial charge in [0, 0.05) is 4.90 Å². The normalized spacial score (nSPS) is 20.0. The van der Waals surface area contributed by atoms with Crippen molar-refractivity contribution in [2.45, 2.75) is 48.4 Å². The Morgan fingerprint density at radius 2 is 1.83 bits per heavy atom. The zero-order valence-electron chi connectivity index (χ0n) is 10.6. The smallest absolute Gasteiger partial charge is 0.0962 e. The summed E-state index contributed by atoms with van der Waals surface area (Å²) in [6.07, 6.45) is 11.2. The maximum Gasteiger partial charge on any atom is 0.0962 e. The molecule has 1 aromatic rings. The molecule has 0 aliphatic heterocycles. The maximum atomic E-state index is 10.4. The van der Waals surface area contributed by atoms with Crippen molar-refractivity contribution in [1.29, 1.82) is 0 Å². The first-order chi connectivity index (χ1) is 8.81. The molecule has 1 saturated carbocycles. The Balaban J connectivity index is 1.97. The second-order valence-corrected chi connectivity index (χ2v) is 6.12. The Bertz CT molecular complexity index is 389. The van der Waals surface area contributed by atoms with Crippen LogP contribution in [0.25, 0.3) is 0 Å². The van der Waals surface area contributed by atoms with E-state index in [2.05, 4.69) is 5.92 Å². The highest BCUT2D eigenvalue weighted by molar-refractivity contribution is 8.00. The van der Waals surface area contributed by atoms with Crippen molar-refractivity contribution in [3.63, 3.8) is 0 Å². The SMILES string of the molecule is C#C[C@H](Sc1ccccc1)[C@H](O)C1CCCCC1. The van der Waals surface area contributed by atoms with Crippen molar-refractivity contribution in [1.82, 2.24) is 0 Å². The van der Waals surface area contributed by atoms with Crippen molar-refractivity contribution in [3.05, 3.63) is 30.3 Å². The number of benzene rings is 1. The molecule has 0 amide bonds. The van der Waals surface area contributed by atoms with Gasteiger partial charge in [0.25, 0.3) is 0 Å². The molecular formula is C16H20OS. The predicted molar refractivity (Wildman–Crippen MR) is 77.5 cm³/mol. The van der Waals surface area contributed by atoms with Crippen LogP contribution in [0.2, 0.25) is 0 Å². The molecule has 96 valence electrons. The minimum atomic E-state index is -0.375. The van der Waals surface area contributed by atoms with Gasteiger partial charge in [0.1, 0.15) is 0 Å². The van der Waals surface area contributed by atoms with Gasteiger partial charge in [-0.3, -0.25) is 0 Å². The lowest BCUT2D eigenvalue weighted by molar-refractivity contribution is 0.0933. The summed E-state index contributed by atoms with van der Waals surface area (Å²) in [5, 5.41) is 10.3. The first-order valence-corrected chi connectivity index (χ1v) is 7.55. The molecule has 0 aromatic heterocycles. The number of hydrogen-bond acceptors (Lipinski definition) is 2. The predicted octanol–water partition coefficient (Wildman–Crippen LogP) is 3.72. The minimum Gasteiger partial charge on any atom is -0.391 e. The van der Waals surface area contributed by atoms with E-state index in [4.69, 9.17) is 6.42 Å². The number of hydrogen-bond donors (Lipinski definition) is 1. The van der Waals surface area contributed by atoms with Gasteiger partial charge in [-0.2, -0.15) is 0 Å². The van der Waals surface area contributed by atoms with Crippen LogP contribution in [-0.4, -0.2) is 16.5 Å². The van der Waals surface area contributed by atoms with E-state index >= 15 is 0 Å². The van der Waals surface area contributed by atoms with E-state index in [9.17, 15) is 5.11 Å². The van der Waals surface area contributed by atoms with Gasteiger partial charge in [0.15, 0.2) is 0 Å². The van der Waals surface area contributed by atoms with Gasteiger partial charge < -0.3 is 5.11 Å². The number of terminal acetylenes is 1. The quantitative estimate of drug-likeness (QED) is 0.657. The third kappa shape index (κ3) is 3.54. The summed E-state index contributed by atoms with van der Waals surface area (Å²) in [5.41, 5.74) is 0. The molecule has 0 saturated heterocycles. The van der Waals surface area contributed by atoms with Gasteiger partial charge in [0.05, 0.1) is 11.4 Å². The summed E-state index contributed by atoms with van der Waals surface area (Å²) >= 11 is 1.60. The van der Waals surface area contributed by atoms with Crippen LogP contribution in [0.3, 0.4) is 0 Å². The average molecular weight is 260 g/mol. The lowest BCUT2D eigenvalue weighted by atomic mass is 9.84. The van der Waals surface area contributed by atoms with Gasteiger partial charge >= 0.3 is 0 Å². The highest BCUT2D eigenvalue weighted by Crippen LogP contribution is 2.33. The summed E-state index contributed by atoms with van der Waals surface area (Å²) < 4.78 is 0. The zero-order valence-corrected chi connectivity index (χ0v) is 11.4. The molecule has 2 heteroatoms. The maximum absolute atomic E-state index is 10.4. The third-order valence-corrected chi connectivity index (χ3v) is 4.83. The second kappa shape index (κ2) is 6.87. The van der Waals surface area contributed by atoms with Gasteiger partial charge in [-0.1, -0.05) is 43.4 Å². The van der Waals surface area contributed by atoms with Crippen LogP contribution < -0.4 is 0 Å². The first-order valence-electron chi connectivity index (χ1n) is 6.67. The molecule has 1 N–H and O–H groups in total. The molecule has 1 aliphatic carbocycles. The van der Waals surface area contributed by atoms with Crippen LogP contribution in [0.5, 0.6) is 0 Å². The Labute approximate surface area is 114 Å². The van der Waals surface area contributed by atoms with E-state index in [1.54, 1.807) is 11.8 Å². The van der Waals surface area contributed by atoms with Crippen molar-refractivity contribution < 1.29 is 5.11 Å². The monoisotopic (exact) mass is 260 g/mol. The van der Waals surface area contributed by atoms with Crippen molar-refractivity contribution in [2.24, 2.45) is 5.92 Å². The second-order valence-electron chi connectivity index (χ2n) is 4.91. The minimum absolute atomic E-state index is 0.129. The van der Waals surface area contributed by atoms with Gasteiger partial charge in [-0.25, -0.2) is 0 Å². The largest absolute Gasteiger partial charge is 0.391 e. The lowest BCUT2D eigenvalue weighted by Crippen LogP contribution is -2.31. The third-order valence-electron chi connectivity index (χ3n) is 3.61. The van der Waals surface area contributed by atoms with Crippen molar-refractivity contribution in [2.75, 3.05) is 0 Å². The zero-order chi connectivity index (χ0) is 12.8. The van der Waals surface area contributed by atoms with E-state index < -0.39 is 0 Å². The summed E-state index contributed by atoms with van der Waals surface area (Å²) in [6.45, 7) is 0. The van der Waals surface area contributed by atoms with E-state index in [0.717, 1.165) is 17.7 Å². The summed E-state index contributed by atoms with van der Waals surface area (Å²) in [6, 6.07) is 10.1. The molecule has 18 heavy (non-hydrogen) atoms. The van der Waals surface area contributed by atoms with Crippen LogP contribution in [0.15, 0.2) is 35.2 Å². The molecule has 1 aliphatic rings. The summed E-state index contributed by atoms with van der Waals surface area (Å²) in [4.78, 5) is 1.13. The van der Waals surface area contributed by atoms with Gasteiger partial charge in [-0.05, 0) is 30.9 Å². The first kappa shape index (κ1) is 13.5. The lowest BCUT2D eigenvalue weighted by Gasteiger charge is -2.29. The number of aliphatic hydroxyl groups is 1. The fourth-order valence-electron chi connectivity index (χ4n) is 2.57. The standard InChI is InChI=1S/C16H20OS/c1-2-15(18-14-11-7-4-8-12-14)16(17)13-9-5-3-6-10-13/h1,4,7-8,11-13,15-17H,3,5-6,9-10H2/t15-,16+/m0/s1. The van der Waals surface area contributed by atoms with E-state index in [1.807, 2.05) is 30.3 Å². The van der Waals surface area contributed by atoms with Crippen LogP contribution >= 0.6 is 11.8 Å². The van der Waals surface area contributed by atoms with Gasteiger partial charge in [-0.15, -0.1) is 18.2 Å². The molecule has 1 aromatic carbocycles. The fourth-order valence-corrected chi connectivity index (χ4v) is 3.61. The molecule has 0 unspecified atom stereocenters. The van der Waals surface area contributed by atoms with Gasteiger partial charge in [0.2, 0.25) is 0 Å². The molecule has 2 atom stereocenters. The molecule has 1 nitrogen and oxygen atoms in total. The fraction of sp³-hybridized carbons (Fsp3) is 0.500. The van der Waals surface area contributed by atoms with E-state index in [0.29, 0.717) is 5.92 Å². The Hall–Kier alpha value is -0.910. The molecule has 1 fully saturated rings. The number of thioether (sulfide) groups is 1. The Kier molecular flexibility index (Phi) is 5.16. The summed E-state index contributed by atoms with van der Waals surface area (Å²) in [5.74, 6) is 3.15. The molecule has 0 bridgehead atoms. The van der Waals surface area contributed by atoms with Crippen LogP contribution in [0.4, 0.5) is 0 Å². The van der Waals surface area contributed by atoms with Crippen LogP contribution in [-0.2, 0) is 0 Å². The number of aliphatic hydroxyl groups excluding tert-OH is 1. The van der Waals surface area contributed by atoms with Crippen molar-refractivity contribution >= 4 is 11.8 Å². The average Bonchev–Trinajstić information content (AvgIpc) is 2.46. The summed E-state index contributed by atoms with van der Waals surface area (Å²) in [7, 11) is 0. The number of rotatable bonds is 4. The molecule has 0 spiro atoms. The van der Waals surface area contributed by atoms with E-state index in [-0.39, 0.29) is 11.4 Å². The Morgan fingerprint density at radius 3 is 2.44 bits per heavy atom. The molecule has 0 radical (unpaired) electrons. The van der Waals surface area contributed by atoms with Crippen LogP contribution in [0.1, 0.15) is 32.1 Å². The molecular weight excluding hydrogens is 240 g/mol. The topological polar surface area (TPSA) is 20.2 Å². The highest BCUT2D eigenvalue weighted by Gasteiger charge is 2.28. The highest BCUT2D eigenvalue weighted by atomic mass is 32.2. The van der Waals surface area contributed by atoms with Crippen molar-refractivity contribution in [3.8, 4) is 12.3 Å². The Morgan fingerprint density at radius 1 is 1.17 bits per heavy atom. The van der Waals surface area contributed by atoms with Crippen LogP contribution in [0, 0.1) is 18.3 Å². The molecule has 0 heterocycles.